The normalized spacial score (nSPS) is 15.1. The Morgan fingerprint density at radius 3 is 1.75 bits per heavy atom. The van der Waals surface area contributed by atoms with Gasteiger partial charge in [0.25, 0.3) is 0 Å². The Labute approximate surface area is 385 Å². The molecule has 0 aliphatic heterocycles. The zero-order valence-corrected chi connectivity index (χ0v) is 37.3. The van der Waals surface area contributed by atoms with Crippen molar-refractivity contribution in [1.29, 1.82) is 0 Å². The molecular formula is C64H53N. The lowest BCUT2D eigenvalue weighted by molar-refractivity contribution is 0.661. The van der Waals surface area contributed by atoms with Gasteiger partial charge >= 0.3 is 0 Å². The minimum atomic E-state index is -0.527. The van der Waals surface area contributed by atoms with Crippen LogP contribution in [0.2, 0.25) is 0 Å². The van der Waals surface area contributed by atoms with Gasteiger partial charge in [-0.3, -0.25) is 0 Å². The lowest BCUT2D eigenvalue weighted by atomic mass is 9.67. The first-order valence-corrected chi connectivity index (χ1v) is 23.3. The summed E-state index contributed by atoms with van der Waals surface area (Å²) in [6.45, 7) is 4.80. The van der Waals surface area contributed by atoms with Gasteiger partial charge in [-0.05, 0) is 122 Å². The van der Waals surface area contributed by atoms with Crippen molar-refractivity contribution in [3.8, 4) is 33.4 Å². The molecule has 8 aromatic rings. The fraction of sp³-hybridized carbons (Fsp3) is 0.125. The summed E-state index contributed by atoms with van der Waals surface area (Å²) in [5, 5.41) is 0. The van der Waals surface area contributed by atoms with Crippen LogP contribution >= 0.6 is 0 Å². The van der Waals surface area contributed by atoms with Crippen molar-refractivity contribution in [1.82, 2.24) is 0 Å². The topological polar surface area (TPSA) is 3.24 Å². The second-order valence-electron chi connectivity index (χ2n) is 18.2. The van der Waals surface area contributed by atoms with Crippen molar-refractivity contribution in [3.05, 3.63) is 281 Å². The van der Waals surface area contributed by atoms with Crippen molar-refractivity contribution in [2.75, 3.05) is 4.90 Å². The molecule has 0 radical (unpaired) electrons. The Morgan fingerprint density at radius 2 is 1.03 bits per heavy atom. The van der Waals surface area contributed by atoms with Crippen molar-refractivity contribution in [2.45, 2.75) is 50.4 Å². The second-order valence-corrected chi connectivity index (χ2v) is 18.2. The highest BCUT2D eigenvalue weighted by atomic mass is 15.1. The minimum Gasteiger partial charge on any atom is -0.310 e. The van der Waals surface area contributed by atoms with Gasteiger partial charge in [-0.15, -0.1) is 0 Å². The van der Waals surface area contributed by atoms with Crippen LogP contribution in [0.3, 0.4) is 0 Å². The molecule has 0 unspecified atom stereocenters. The van der Waals surface area contributed by atoms with Crippen molar-refractivity contribution in [2.24, 2.45) is 0 Å². The molecule has 1 heteroatoms. The van der Waals surface area contributed by atoms with Crippen LogP contribution < -0.4 is 4.90 Å². The van der Waals surface area contributed by atoms with E-state index in [2.05, 4.69) is 255 Å². The Balaban J connectivity index is 1.11. The monoisotopic (exact) mass is 835 g/mol. The third kappa shape index (κ3) is 6.86. The molecule has 0 amide bonds. The van der Waals surface area contributed by atoms with Gasteiger partial charge in [0.05, 0.1) is 16.8 Å². The van der Waals surface area contributed by atoms with Crippen molar-refractivity contribution >= 4 is 17.1 Å². The molecule has 3 aliphatic rings. The second kappa shape index (κ2) is 16.9. The van der Waals surface area contributed by atoms with Gasteiger partial charge in [-0.25, -0.2) is 0 Å². The Kier molecular flexibility index (Phi) is 10.5. The van der Waals surface area contributed by atoms with Crippen LogP contribution in [0.5, 0.6) is 0 Å². The molecule has 0 heterocycles. The SMILES string of the molecule is CC1(C)c2ccccc2-c2cccc(N(c3ccc4c(c3)C(c3ccccc3)(c3ccccc3)c3ccccc3-4)c3ccccc3-c3ccccc3C/C=C\C=C/CC3=CCCC=C3)c21. The molecule has 0 atom stereocenters. The number of para-hydroxylation sites is 1. The van der Waals surface area contributed by atoms with Crippen LogP contribution in [0, 0.1) is 0 Å². The molecule has 65 heavy (non-hydrogen) atoms. The maximum atomic E-state index is 2.58. The van der Waals surface area contributed by atoms with Gasteiger partial charge in [0.2, 0.25) is 0 Å². The largest absolute Gasteiger partial charge is 0.310 e. The summed E-state index contributed by atoms with van der Waals surface area (Å²) in [5.74, 6) is 0. The Bertz CT molecular complexity index is 3140. The molecular weight excluding hydrogens is 783 g/mol. The minimum absolute atomic E-state index is 0.236. The smallest absolute Gasteiger partial charge is 0.0714 e. The lowest BCUT2D eigenvalue weighted by Gasteiger charge is -2.36. The summed E-state index contributed by atoms with van der Waals surface area (Å²) in [6, 6.07) is 72.6. The fourth-order valence-corrected chi connectivity index (χ4v) is 11.2. The zero-order chi connectivity index (χ0) is 43.8. The molecule has 0 N–H and O–H groups in total. The van der Waals surface area contributed by atoms with Crippen LogP contribution in [-0.2, 0) is 17.3 Å². The molecule has 0 saturated carbocycles. The molecule has 0 saturated heterocycles. The fourth-order valence-electron chi connectivity index (χ4n) is 11.2. The predicted octanol–water partition coefficient (Wildman–Crippen LogP) is 16.8. The number of allylic oxidation sites excluding steroid dienone is 8. The van der Waals surface area contributed by atoms with Crippen LogP contribution in [0.4, 0.5) is 17.1 Å². The standard InChI is InChI=1S/C64H53N/c1-63(2)57-39-21-18-36-53(57)56-38-24-42-61(62(56)63)65(60-41-23-20-37-55(60)51-34-17-16-29-47(51)28-11-4-3-8-25-46-26-9-5-10-27-46)50-43-44-54-52-35-19-22-40-58(52)64(59(54)45-50,48-30-12-6-13-31-48)49-32-14-7-15-33-49/h3-4,6-9,11-24,26-27,29-45H,5,10,25,28H2,1-2H3/b8-3-,11-4-. The van der Waals surface area contributed by atoms with E-state index in [4.69, 9.17) is 0 Å². The predicted molar refractivity (Wildman–Crippen MR) is 274 cm³/mol. The van der Waals surface area contributed by atoms with Crippen LogP contribution in [0.15, 0.2) is 242 Å². The lowest BCUT2D eigenvalue weighted by Crippen LogP contribution is -2.29. The maximum absolute atomic E-state index is 2.58. The van der Waals surface area contributed by atoms with E-state index < -0.39 is 5.41 Å². The molecule has 11 rings (SSSR count). The van der Waals surface area contributed by atoms with E-state index in [1.54, 1.807) is 0 Å². The molecule has 0 bridgehead atoms. The zero-order valence-electron chi connectivity index (χ0n) is 37.3. The molecule has 0 aromatic heterocycles. The summed E-state index contributed by atoms with van der Waals surface area (Å²) in [4.78, 5) is 2.58. The van der Waals surface area contributed by atoms with Crippen molar-refractivity contribution in [3.63, 3.8) is 0 Å². The number of fused-ring (bicyclic) bond motifs is 6. The number of benzene rings is 8. The Hall–Kier alpha value is -7.48. The summed E-state index contributed by atoms with van der Waals surface area (Å²) in [7, 11) is 0. The molecule has 1 nitrogen and oxygen atoms in total. The Morgan fingerprint density at radius 1 is 0.462 bits per heavy atom. The molecule has 3 aliphatic carbocycles. The van der Waals surface area contributed by atoms with E-state index in [0.717, 1.165) is 37.1 Å². The highest BCUT2D eigenvalue weighted by molar-refractivity contribution is 5.96. The first-order valence-electron chi connectivity index (χ1n) is 23.3. The van der Waals surface area contributed by atoms with Gasteiger partial charge in [0.1, 0.15) is 0 Å². The van der Waals surface area contributed by atoms with Gasteiger partial charge in [-0.2, -0.15) is 0 Å². The first-order chi connectivity index (χ1) is 32.0. The number of hydrogen-bond donors (Lipinski definition) is 0. The average molecular weight is 836 g/mol. The highest BCUT2D eigenvalue weighted by Gasteiger charge is 2.47. The van der Waals surface area contributed by atoms with E-state index in [0.29, 0.717) is 0 Å². The van der Waals surface area contributed by atoms with E-state index >= 15 is 0 Å². The number of nitrogens with zero attached hydrogens (tertiary/aromatic N) is 1. The first kappa shape index (κ1) is 40.3. The summed E-state index contributed by atoms with van der Waals surface area (Å²) < 4.78 is 0. The van der Waals surface area contributed by atoms with E-state index in [1.165, 1.54) is 83.6 Å². The van der Waals surface area contributed by atoms with E-state index in [1.807, 2.05) is 0 Å². The summed E-state index contributed by atoms with van der Waals surface area (Å²) in [5.41, 5.74) is 20.9. The highest BCUT2D eigenvalue weighted by Crippen LogP contribution is 2.59. The number of rotatable bonds is 11. The van der Waals surface area contributed by atoms with Crippen LogP contribution in [0.25, 0.3) is 33.4 Å². The van der Waals surface area contributed by atoms with Gasteiger partial charge in [0, 0.05) is 16.7 Å². The number of anilines is 3. The summed E-state index contributed by atoms with van der Waals surface area (Å²) in [6.07, 6.45) is 20.0. The van der Waals surface area contributed by atoms with Crippen LogP contribution in [-0.4, -0.2) is 0 Å². The third-order valence-electron chi connectivity index (χ3n) is 14.1. The quantitative estimate of drug-likeness (QED) is 0.117. The maximum Gasteiger partial charge on any atom is 0.0714 e. The average Bonchev–Trinajstić information content (AvgIpc) is 3.79. The van der Waals surface area contributed by atoms with E-state index in [-0.39, 0.29) is 5.41 Å². The molecule has 0 fully saturated rings. The van der Waals surface area contributed by atoms with E-state index in [9.17, 15) is 0 Å². The summed E-state index contributed by atoms with van der Waals surface area (Å²) >= 11 is 0. The van der Waals surface area contributed by atoms with Gasteiger partial charge < -0.3 is 4.90 Å². The van der Waals surface area contributed by atoms with Gasteiger partial charge in [-0.1, -0.05) is 226 Å². The van der Waals surface area contributed by atoms with Gasteiger partial charge in [0.15, 0.2) is 0 Å². The number of hydrogen-bond acceptors (Lipinski definition) is 1. The molecule has 0 spiro atoms. The molecule has 314 valence electrons. The third-order valence-corrected chi connectivity index (χ3v) is 14.1. The molecule has 8 aromatic carbocycles. The van der Waals surface area contributed by atoms with Crippen molar-refractivity contribution < 1.29 is 0 Å². The van der Waals surface area contributed by atoms with Crippen LogP contribution in [0.1, 0.15) is 72.1 Å².